The van der Waals surface area contributed by atoms with Crippen LogP contribution in [-0.2, 0) is 0 Å². The number of nitrogens with two attached hydrogens (primary N) is 1. The maximum atomic E-state index is 5.67. The van der Waals surface area contributed by atoms with E-state index in [4.69, 9.17) is 10.5 Å². The first-order valence-corrected chi connectivity index (χ1v) is 4.79. The molecule has 0 aliphatic carbocycles. The van der Waals surface area contributed by atoms with E-state index in [-0.39, 0.29) is 12.1 Å². The van der Waals surface area contributed by atoms with E-state index in [0.29, 0.717) is 5.75 Å². The SMILES string of the molecule is Nc1ncc(OC2CCCNC2)cn1. The zero-order valence-electron chi connectivity index (χ0n) is 7.94. The number of hydrogen-bond donors (Lipinski definition) is 2. The van der Waals surface area contributed by atoms with Gasteiger partial charge in [-0.15, -0.1) is 0 Å². The van der Waals surface area contributed by atoms with Gasteiger partial charge in [0.25, 0.3) is 0 Å². The van der Waals surface area contributed by atoms with Gasteiger partial charge in [-0.25, -0.2) is 9.97 Å². The molecule has 0 bridgehead atoms. The number of nitrogens with one attached hydrogen (secondary N) is 1. The molecule has 1 saturated heterocycles. The highest BCUT2D eigenvalue weighted by Crippen LogP contribution is 2.13. The van der Waals surface area contributed by atoms with Crippen LogP contribution in [0, 0.1) is 0 Å². The Bertz CT molecular complexity index is 281. The molecule has 3 N–H and O–H groups in total. The minimum Gasteiger partial charge on any atom is -0.486 e. The lowest BCUT2D eigenvalue weighted by molar-refractivity contribution is 0.166. The van der Waals surface area contributed by atoms with Crippen molar-refractivity contribution < 1.29 is 4.74 Å². The Hall–Kier alpha value is -1.36. The van der Waals surface area contributed by atoms with Crippen molar-refractivity contribution in [2.75, 3.05) is 18.8 Å². The fourth-order valence-electron chi connectivity index (χ4n) is 1.50. The largest absolute Gasteiger partial charge is 0.486 e. The molecule has 0 radical (unpaired) electrons. The summed E-state index contributed by atoms with van der Waals surface area (Å²) in [5, 5.41) is 3.28. The molecule has 0 spiro atoms. The number of nitrogen functional groups attached to an aromatic ring is 1. The van der Waals surface area contributed by atoms with E-state index in [2.05, 4.69) is 15.3 Å². The minimum atomic E-state index is 0.232. The van der Waals surface area contributed by atoms with Gasteiger partial charge in [0.2, 0.25) is 5.95 Å². The molecule has 5 heteroatoms. The van der Waals surface area contributed by atoms with Crippen LogP contribution in [0.5, 0.6) is 5.75 Å². The molecule has 0 saturated carbocycles. The zero-order chi connectivity index (χ0) is 9.80. The van der Waals surface area contributed by atoms with Gasteiger partial charge in [0, 0.05) is 6.54 Å². The second-order valence-corrected chi connectivity index (χ2v) is 3.36. The third kappa shape index (κ3) is 2.32. The topological polar surface area (TPSA) is 73.1 Å². The smallest absolute Gasteiger partial charge is 0.220 e. The number of hydrogen-bond acceptors (Lipinski definition) is 5. The van der Waals surface area contributed by atoms with Gasteiger partial charge in [0.1, 0.15) is 6.10 Å². The Morgan fingerprint density at radius 3 is 2.86 bits per heavy atom. The molecule has 2 rings (SSSR count). The van der Waals surface area contributed by atoms with Gasteiger partial charge in [0.05, 0.1) is 12.4 Å². The number of aromatic nitrogens is 2. The van der Waals surface area contributed by atoms with E-state index in [0.717, 1.165) is 25.9 Å². The van der Waals surface area contributed by atoms with E-state index in [1.165, 1.54) is 0 Å². The highest BCUT2D eigenvalue weighted by atomic mass is 16.5. The summed E-state index contributed by atoms with van der Waals surface area (Å²) in [6, 6.07) is 0. The number of piperidine rings is 1. The highest BCUT2D eigenvalue weighted by Gasteiger charge is 2.14. The van der Waals surface area contributed by atoms with E-state index in [1.54, 1.807) is 12.4 Å². The summed E-state index contributed by atoms with van der Waals surface area (Å²) in [6.45, 7) is 1.97. The standard InChI is InChI=1S/C9H14N4O/c10-9-12-5-8(6-13-9)14-7-2-1-3-11-4-7/h5-7,11H,1-4H2,(H2,10,12,13). The summed E-state index contributed by atoms with van der Waals surface area (Å²) in [6.07, 6.45) is 5.68. The minimum absolute atomic E-state index is 0.232. The van der Waals surface area contributed by atoms with Crippen molar-refractivity contribution in [1.29, 1.82) is 0 Å². The molecular weight excluding hydrogens is 180 g/mol. The molecular formula is C9H14N4O. The average molecular weight is 194 g/mol. The van der Waals surface area contributed by atoms with Gasteiger partial charge in [-0.2, -0.15) is 0 Å². The van der Waals surface area contributed by atoms with Gasteiger partial charge in [-0.05, 0) is 19.4 Å². The fourth-order valence-corrected chi connectivity index (χ4v) is 1.50. The summed E-state index contributed by atoms with van der Waals surface area (Å²) in [7, 11) is 0. The molecule has 1 aliphatic heterocycles. The predicted molar refractivity (Wildman–Crippen MR) is 53.0 cm³/mol. The maximum Gasteiger partial charge on any atom is 0.220 e. The van der Waals surface area contributed by atoms with Crippen LogP contribution in [0.3, 0.4) is 0 Å². The van der Waals surface area contributed by atoms with E-state index in [9.17, 15) is 0 Å². The third-order valence-electron chi connectivity index (χ3n) is 2.20. The molecule has 14 heavy (non-hydrogen) atoms. The van der Waals surface area contributed by atoms with Gasteiger partial charge < -0.3 is 15.8 Å². The monoisotopic (exact) mass is 194 g/mol. The third-order valence-corrected chi connectivity index (χ3v) is 2.20. The second-order valence-electron chi connectivity index (χ2n) is 3.36. The molecule has 1 aromatic rings. The van der Waals surface area contributed by atoms with Crippen molar-refractivity contribution in [3.63, 3.8) is 0 Å². The van der Waals surface area contributed by atoms with Crippen molar-refractivity contribution in [1.82, 2.24) is 15.3 Å². The Morgan fingerprint density at radius 2 is 2.21 bits per heavy atom. The van der Waals surface area contributed by atoms with E-state index < -0.39 is 0 Å². The summed E-state index contributed by atoms with van der Waals surface area (Å²) < 4.78 is 5.67. The molecule has 5 nitrogen and oxygen atoms in total. The Kier molecular flexibility index (Phi) is 2.78. The molecule has 1 aromatic heterocycles. The predicted octanol–water partition coefficient (Wildman–Crippen LogP) is 0.190. The first kappa shape index (κ1) is 9.21. The Labute approximate surface area is 82.7 Å². The number of rotatable bonds is 2. The van der Waals surface area contributed by atoms with Crippen molar-refractivity contribution in [2.24, 2.45) is 0 Å². The van der Waals surface area contributed by atoms with Crippen LogP contribution < -0.4 is 15.8 Å². The van der Waals surface area contributed by atoms with Gasteiger partial charge in [-0.3, -0.25) is 0 Å². The van der Waals surface area contributed by atoms with Crippen LogP contribution in [-0.4, -0.2) is 29.2 Å². The van der Waals surface area contributed by atoms with E-state index in [1.807, 2.05) is 0 Å². The van der Waals surface area contributed by atoms with Crippen molar-refractivity contribution in [3.05, 3.63) is 12.4 Å². The number of nitrogens with zero attached hydrogens (tertiary/aromatic N) is 2. The molecule has 0 aromatic carbocycles. The summed E-state index contributed by atoms with van der Waals surface area (Å²) in [5.74, 6) is 0.965. The van der Waals surface area contributed by atoms with Crippen molar-refractivity contribution >= 4 is 5.95 Å². The van der Waals surface area contributed by atoms with Gasteiger partial charge in [0.15, 0.2) is 5.75 Å². The molecule has 1 unspecified atom stereocenters. The molecule has 1 fully saturated rings. The van der Waals surface area contributed by atoms with E-state index >= 15 is 0 Å². The maximum absolute atomic E-state index is 5.67. The summed E-state index contributed by atoms with van der Waals surface area (Å²) >= 11 is 0. The van der Waals surface area contributed by atoms with Crippen molar-refractivity contribution in [2.45, 2.75) is 18.9 Å². The first-order valence-electron chi connectivity index (χ1n) is 4.79. The lowest BCUT2D eigenvalue weighted by atomic mass is 10.1. The van der Waals surface area contributed by atoms with Crippen LogP contribution in [0.4, 0.5) is 5.95 Å². The first-order chi connectivity index (χ1) is 6.84. The van der Waals surface area contributed by atoms with Crippen LogP contribution in [0.25, 0.3) is 0 Å². The van der Waals surface area contributed by atoms with Crippen molar-refractivity contribution in [3.8, 4) is 5.75 Å². The highest BCUT2D eigenvalue weighted by molar-refractivity contribution is 5.21. The van der Waals surface area contributed by atoms with Gasteiger partial charge >= 0.3 is 0 Å². The number of anilines is 1. The zero-order valence-corrected chi connectivity index (χ0v) is 7.94. The normalized spacial score (nSPS) is 21.9. The van der Waals surface area contributed by atoms with Crippen LogP contribution in [0.15, 0.2) is 12.4 Å². The summed E-state index contributed by atoms with van der Waals surface area (Å²) in [4.78, 5) is 7.73. The van der Waals surface area contributed by atoms with Crippen LogP contribution in [0.2, 0.25) is 0 Å². The number of ether oxygens (including phenoxy) is 1. The van der Waals surface area contributed by atoms with Crippen LogP contribution >= 0.6 is 0 Å². The van der Waals surface area contributed by atoms with Gasteiger partial charge in [-0.1, -0.05) is 0 Å². The molecule has 76 valence electrons. The second kappa shape index (κ2) is 4.23. The Balaban J connectivity index is 1.92. The van der Waals surface area contributed by atoms with Crippen LogP contribution in [0.1, 0.15) is 12.8 Å². The Morgan fingerprint density at radius 1 is 1.43 bits per heavy atom. The lowest BCUT2D eigenvalue weighted by Crippen LogP contribution is -2.37. The lowest BCUT2D eigenvalue weighted by Gasteiger charge is -2.23. The average Bonchev–Trinajstić information content (AvgIpc) is 2.23. The summed E-state index contributed by atoms with van der Waals surface area (Å²) in [5.41, 5.74) is 5.37. The quantitative estimate of drug-likeness (QED) is 0.703. The fraction of sp³-hybridized carbons (Fsp3) is 0.556. The molecule has 2 heterocycles. The molecule has 1 aliphatic rings. The molecule has 0 amide bonds. The molecule has 1 atom stereocenters.